The van der Waals surface area contributed by atoms with E-state index in [9.17, 15) is 0 Å². The van der Waals surface area contributed by atoms with E-state index in [0.717, 1.165) is 25.3 Å². The van der Waals surface area contributed by atoms with Gasteiger partial charge in [-0.3, -0.25) is 0 Å². The van der Waals surface area contributed by atoms with Gasteiger partial charge in [-0.05, 0) is 48.3 Å². The molecule has 0 amide bonds. The van der Waals surface area contributed by atoms with Gasteiger partial charge in [-0.25, -0.2) is 0 Å². The molecule has 17 heavy (non-hydrogen) atoms. The molecule has 0 bridgehead atoms. The fourth-order valence-corrected chi connectivity index (χ4v) is 2.30. The zero-order chi connectivity index (χ0) is 12.9. The second kappa shape index (κ2) is 6.20. The first-order valence-electron chi connectivity index (χ1n) is 6.71. The zero-order valence-corrected chi connectivity index (χ0v) is 11.8. The molecule has 1 aromatic carbocycles. The van der Waals surface area contributed by atoms with Crippen LogP contribution in [0.4, 0.5) is 0 Å². The standard InChI is InChI=1S/C16H27N/c1-13(2)11-14-5-7-15(8-6-14)12-16(3,4)9-10-17/h5-8,13H,9-12,17H2,1-4H3. The molecule has 0 heterocycles. The summed E-state index contributed by atoms with van der Waals surface area (Å²) in [6.07, 6.45) is 3.37. The second-order valence-corrected chi connectivity index (χ2v) is 6.29. The lowest BCUT2D eigenvalue weighted by atomic mass is 9.82. The molecule has 1 rings (SSSR count). The summed E-state index contributed by atoms with van der Waals surface area (Å²) in [5, 5.41) is 0. The van der Waals surface area contributed by atoms with Crippen LogP contribution in [0.1, 0.15) is 45.2 Å². The van der Waals surface area contributed by atoms with Crippen molar-refractivity contribution < 1.29 is 0 Å². The van der Waals surface area contributed by atoms with Crippen molar-refractivity contribution in [3.05, 3.63) is 35.4 Å². The molecule has 0 aliphatic heterocycles. The Hall–Kier alpha value is -0.820. The van der Waals surface area contributed by atoms with Crippen LogP contribution in [-0.2, 0) is 12.8 Å². The third-order valence-electron chi connectivity index (χ3n) is 3.17. The molecule has 0 saturated heterocycles. The minimum atomic E-state index is 0.314. The molecular formula is C16H27N. The van der Waals surface area contributed by atoms with Crippen molar-refractivity contribution in [1.29, 1.82) is 0 Å². The number of benzene rings is 1. The van der Waals surface area contributed by atoms with E-state index in [4.69, 9.17) is 5.73 Å². The Morgan fingerprint density at radius 3 is 2.06 bits per heavy atom. The lowest BCUT2D eigenvalue weighted by Crippen LogP contribution is -2.19. The van der Waals surface area contributed by atoms with E-state index in [0.29, 0.717) is 5.41 Å². The molecular weight excluding hydrogens is 206 g/mol. The third-order valence-corrected chi connectivity index (χ3v) is 3.17. The molecule has 0 radical (unpaired) electrons. The fraction of sp³-hybridized carbons (Fsp3) is 0.625. The minimum Gasteiger partial charge on any atom is -0.330 e. The molecule has 0 unspecified atom stereocenters. The normalized spacial score (nSPS) is 12.1. The summed E-state index contributed by atoms with van der Waals surface area (Å²) in [6, 6.07) is 9.09. The highest BCUT2D eigenvalue weighted by molar-refractivity contribution is 5.23. The maximum absolute atomic E-state index is 5.65. The van der Waals surface area contributed by atoms with Crippen LogP contribution in [0.3, 0.4) is 0 Å². The van der Waals surface area contributed by atoms with Crippen LogP contribution >= 0.6 is 0 Å². The molecule has 0 aromatic heterocycles. The summed E-state index contributed by atoms with van der Waals surface area (Å²) >= 11 is 0. The molecule has 1 heteroatoms. The quantitative estimate of drug-likeness (QED) is 0.794. The molecule has 2 N–H and O–H groups in total. The first-order chi connectivity index (χ1) is 7.93. The van der Waals surface area contributed by atoms with Crippen molar-refractivity contribution in [3.8, 4) is 0 Å². The highest BCUT2D eigenvalue weighted by Gasteiger charge is 2.17. The highest BCUT2D eigenvalue weighted by atomic mass is 14.5. The van der Waals surface area contributed by atoms with Gasteiger partial charge < -0.3 is 5.73 Å². The third kappa shape index (κ3) is 5.36. The van der Waals surface area contributed by atoms with Gasteiger partial charge in [0.2, 0.25) is 0 Å². The van der Waals surface area contributed by atoms with Gasteiger partial charge in [0.25, 0.3) is 0 Å². The molecule has 0 aliphatic carbocycles. The predicted molar refractivity (Wildman–Crippen MR) is 76.1 cm³/mol. The average molecular weight is 233 g/mol. The maximum Gasteiger partial charge on any atom is -0.00721 e. The molecule has 0 saturated carbocycles. The van der Waals surface area contributed by atoms with Gasteiger partial charge in [-0.1, -0.05) is 52.0 Å². The topological polar surface area (TPSA) is 26.0 Å². The van der Waals surface area contributed by atoms with Crippen LogP contribution in [0, 0.1) is 11.3 Å². The predicted octanol–water partition coefficient (Wildman–Crippen LogP) is 3.80. The number of nitrogens with two attached hydrogens (primary N) is 1. The van der Waals surface area contributed by atoms with Gasteiger partial charge in [0, 0.05) is 0 Å². The molecule has 0 fully saturated rings. The molecule has 0 atom stereocenters. The summed E-state index contributed by atoms with van der Waals surface area (Å²) in [4.78, 5) is 0. The lowest BCUT2D eigenvalue weighted by molar-refractivity contribution is 0.339. The Bertz CT molecular complexity index is 322. The lowest BCUT2D eigenvalue weighted by Gasteiger charge is -2.24. The molecule has 96 valence electrons. The van der Waals surface area contributed by atoms with Crippen molar-refractivity contribution in [3.63, 3.8) is 0 Å². The smallest absolute Gasteiger partial charge is 0.00721 e. The van der Waals surface area contributed by atoms with Gasteiger partial charge in [0.1, 0.15) is 0 Å². The van der Waals surface area contributed by atoms with Gasteiger partial charge in [0.05, 0.1) is 0 Å². The Labute approximate surface area is 106 Å². The first-order valence-corrected chi connectivity index (χ1v) is 6.71. The minimum absolute atomic E-state index is 0.314. The first kappa shape index (κ1) is 14.2. The van der Waals surface area contributed by atoms with Crippen LogP contribution in [0.15, 0.2) is 24.3 Å². The Morgan fingerprint density at radius 2 is 1.59 bits per heavy atom. The summed E-state index contributed by atoms with van der Waals surface area (Å²) in [5.41, 5.74) is 8.83. The van der Waals surface area contributed by atoms with E-state index >= 15 is 0 Å². The average Bonchev–Trinajstić information content (AvgIpc) is 2.19. The zero-order valence-electron chi connectivity index (χ0n) is 11.8. The summed E-state index contributed by atoms with van der Waals surface area (Å²) in [7, 11) is 0. The van der Waals surface area contributed by atoms with E-state index in [1.165, 1.54) is 17.5 Å². The largest absolute Gasteiger partial charge is 0.330 e. The number of hydrogen-bond acceptors (Lipinski definition) is 1. The summed E-state index contributed by atoms with van der Waals surface area (Å²) in [6.45, 7) is 9.89. The number of hydrogen-bond donors (Lipinski definition) is 1. The molecule has 0 spiro atoms. The van der Waals surface area contributed by atoms with Crippen molar-refractivity contribution in [2.75, 3.05) is 6.54 Å². The van der Waals surface area contributed by atoms with E-state index < -0.39 is 0 Å². The highest BCUT2D eigenvalue weighted by Crippen LogP contribution is 2.25. The monoisotopic (exact) mass is 233 g/mol. The maximum atomic E-state index is 5.65. The van der Waals surface area contributed by atoms with Gasteiger partial charge in [-0.15, -0.1) is 0 Å². The second-order valence-electron chi connectivity index (χ2n) is 6.29. The van der Waals surface area contributed by atoms with Crippen molar-refractivity contribution in [2.45, 2.75) is 47.0 Å². The fourth-order valence-electron chi connectivity index (χ4n) is 2.30. The van der Waals surface area contributed by atoms with Crippen molar-refractivity contribution in [2.24, 2.45) is 17.1 Å². The van der Waals surface area contributed by atoms with Crippen LogP contribution in [0.5, 0.6) is 0 Å². The van der Waals surface area contributed by atoms with Crippen LogP contribution in [0.2, 0.25) is 0 Å². The summed E-state index contributed by atoms with van der Waals surface area (Å²) in [5.74, 6) is 0.731. The van der Waals surface area contributed by atoms with Crippen LogP contribution in [-0.4, -0.2) is 6.54 Å². The SMILES string of the molecule is CC(C)Cc1ccc(CC(C)(C)CCN)cc1. The van der Waals surface area contributed by atoms with Gasteiger partial charge in [-0.2, -0.15) is 0 Å². The molecule has 0 aliphatic rings. The van der Waals surface area contributed by atoms with Crippen LogP contribution < -0.4 is 5.73 Å². The van der Waals surface area contributed by atoms with Crippen LogP contribution in [0.25, 0.3) is 0 Å². The Morgan fingerprint density at radius 1 is 1.06 bits per heavy atom. The van der Waals surface area contributed by atoms with Crippen molar-refractivity contribution in [1.82, 2.24) is 0 Å². The number of rotatable bonds is 6. The van der Waals surface area contributed by atoms with Gasteiger partial charge >= 0.3 is 0 Å². The van der Waals surface area contributed by atoms with Gasteiger partial charge in [0.15, 0.2) is 0 Å². The Kier molecular flexibility index (Phi) is 5.20. The molecule has 1 nitrogen and oxygen atoms in total. The van der Waals surface area contributed by atoms with E-state index in [1.807, 2.05) is 0 Å². The Balaban J connectivity index is 2.62. The van der Waals surface area contributed by atoms with Crippen molar-refractivity contribution >= 4 is 0 Å². The summed E-state index contributed by atoms with van der Waals surface area (Å²) < 4.78 is 0. The van der Waals surface area contributed by atoms with E-state index in [1.54, 1.807) is 0 Å². The van der Waals surface area contributed by atoms with E-state index in [2.05, 4.69) is 52.0 Å². The molecule has 1 aromatic rings. The van der Waals surface area contributed by atoms with E-state index in [-0.39, 0.29) is 0 Å².